The quantitative estimate of drug-likeness (QED) is 0.0651. The molecule has 15 nitrogen and oxygen atoms in total. The van der Waals surface area contributed by atoms with Crippen LogP contribution in [0.3, 0.4) is 0 Å². The Morgan fingerprint density at radius 3 is 2.14 bits per heavy atom. The first-order chi connectivity index (χ1) is 23.2. The molecule has 15 heteroatoms. The van der Waals surface area contributed by atoms with Gasteiger partial charge >= 0.3 is 30.0 Å². The number of urea groups is 1. The fourth-order valence-electron chi connectivity index (χ4n) is 6.11. The van der Waals surface area contributed by atoms with Gasteiger partial charge in [0.1, 0.15) is 13.2 Å². The van der Waals surface area contributed by atoms with Crippen LogP contribution in [-0.4, -0.2) is 79.0 Å². The molecule has 4 N–H and O–H groups in total. The Labute approximate surface area is 287 Å². The van der Waals surface area contributed by atoms with Crippen LogP contribution in [0, 0.1) is 17.8 Å². The number of unbranched alkanes of at least 4 members (excludes halogenated alkanes) is 4. The summed E-state index contributed by atoms with van der Waals surface area (Å²) in [6.07, 6.45) is 7.17. The van der Waals surface area contributed by atoms with E-state index < -0.39 is 18.1 Å². The van der Waals surface area contributed by atoms with Crippen LogP contribution in [0.25, 0.3) is 0 Å². The number of nitrogens with zero attached hydrogens (tertiary/aromatic N) is 1. The van der Waals surface area contributed by atoms with E-state index in [1.54, 1.807) is 6.92 Å². The number of aromatic amines is 1. The minimum atomic E-state index is -0.570. The molecule has 0 spiro atoms. The molecular formula is C34H53N5O10. The van der Waals surface area contributed by atoms with Crippen LogP contribution < -0.4 is 21.5 Å². The highest BCUT2D eigenvalue weighted by molar-refractivity contribution is 5.87. The largest absolute Gasteiger partial charge is 0.466 e. The number of hydrogen-bond donors (Lipinski definition) is 4. The van der Waals surface area contributed by atoms with Crippen molar-refractivity contribution >= 4 is 36.0 Å². The third-order valence-electron chi connectivity index (χ3n) is 7.85. The molecule has 2 atom stereocenters. The highest BCUT2D eigenvalue weighted by Gasteiger charge is 2.42. The second-order valence-corrected chi connectivity index (χ2v) is 13.5. The van der Waals surface area contributed by atoms with E-state index in [1.807, 2.05) is 0 Å². The Morgan fingerprint density at radius 1 is 0.898 bits per heavy atom. The molecule has 1 fully saturated rings. The lowest BCUT2D eigenvalue weighted by Crippen LogP contribution is -2.51. The van der Waals surface area contributed by atoms with Crippen LogP contribution in [-0.2, 0) is 33.3 Å². The van der Waals surface area contributed by atoms with Crippen LogP contribution >= 0.6 is 0 Å². The zero-order chi connectivity index (χ0) is 36.3. The van der Waals surface area contributed by atoms with E-state index in [0.29, 0.717) is 57.2 Å². The van der Waals surface area contributed by atoms with Gasteiger partial charge in [0.2, 0.25) is 5.95 Å². The standard InChI is InChI=1S/C34H53N5O10/c1-6-27(41)47-17-18-48-29(43)14-9-7-11-15-46-28(42)13-10-8-12-16-49-32(45)37-25-20-33(3,4)22-34(5,21-25)23-35-31(44)39-30-36-24(2)19-26(40)38-30/h6,19,25H,1,7-18,20-23H2,2-5H3,(H,37,45)(H3,35,36,38,39,40,44). The molecule has 2 unspecified atom stereocenters. The number of nitrogens with one attached hydrogen (secondary N) is 4. The van der Waals surface area contributed by atoms with Crippen LogP contribution in [0.4, 0.5) is 15.5 Å². The first-order valence-corrected chi connectivity index (χ1v) is 16.9. The number of hydrogen-bond acceptors (Lipinski definition) is 11. The van der Waals surface area contributed by atoms with Gasteiger partial charge in [0.05, 0.1) is 13.2 Å². The number of alkyl carbamates (subject to hydrolysis) is 1. The van der Waals surface area contributed by atoms with Crippen molar-refractivity contribution in [2.45, 2.75) is 104 Å². The molecule has 1 heterocycles. The van der Waals surface area contributed by atoms with Gasteiger partial charge < -0.3 is 29.6 Å². The van der Waals surface area contributed by atoms with Crippen LogP contribution in [0.15, 0.2) is 23.5 Å². The second-order valence-electron chi connectivity index (χ2n) is 13.5. The molecule has 0 aliphatic heterocycles. The number of aryl methyl sites for hydroxylation is 1. The molecule has 0 aromatic carbocycles. The fraction of sp³-hybridized carbons (Fsp3) is 0.676. The minimum absolute atomic E-state index is 0.00275. The summed E-state index contributed by atoms with van der Waals surface area (Å²) in [4.78, 5) is 77.8. The van der Waals surface area contributed by atoms with Gasteiger partial charge in [-0.3, -0.25) is 24.7 Å². The Morgan fingerprint density at radius 2 is 1.51 bits per heavy atom. The molecule has 1 aromatic rings. The number of anilines is 1. The van der Waals surface area contributed by atoms with E-state index in [-0.39, 0.29) is 79.6 Å². The fourth-order valence-corrected chi connectivity index (χ4v) is 6.11. The van der Waals surface area contributed by atoms with E-state index in [1.165, 1.54) is 6.07 Å². The summed E-state index contributed by atoms with van der Waals surface area (Å²) >= 11 is 0. The second kappa shape index (κ2) is 20.8. The zero-order valence-electron chi connectivity index (χ0n) is 29.3. The van der Waals surface area contributed by atoms with Crippen molar-refractivity contribution in [3.63, 3.8) is 0 Å². The molecular weight excluding hydrogens is 638 g/mol. The number of ether oxygens (including phenoxy) is 4. The van der Waals surface area contributed by atoms with Gasteiger partial charge in [0, 0.05) is 43.3 Å². The predicted octanol–water partition coefficient (Wildman–Crippen LogP) is 4.45. The van der Waals surface area contributed by atoms with Gasteiger partial charge in [-0.2, -0.15) is 0 Å². The van der Waals surface area contributed by atoms with E-state index in [2.05, 4.69) is 53.3 Å². The molecule has 0 bridgehead atoms. The van der Waals surface area contributed by atoms with Crippen molar-refractivity contribution in [1.82, 2.24) is 20.6 Å². The zero-order valence-corrected chi connectivity index (χ0v) is 29.3. The molecule has 274 valence electrons. The van der Waals surface area contributed by atoms with Gasteiger partial charge in [-0.25, -0.2) is 19.4 Å². The van der Waals surface area contributed by atoms with Crippen molar-refractivity contribution in [2.24, 2.45) is 10.8 Å². The van der Waals surface area contributed by atoms with Crippen molar-refractivity contribution < 1.29 is 42.9 Å². The van der Waals surface area contributed by atoms with Crippen LogP contribution in [0.5, 0.6) is 0 Å². The molecule has 1 aromatic heterocycles. The molecule has 0 radical (unpaired) electrons. The monoisotopic (exact) mass is 691 g/mol. The van der Waals surface area contributed by atoms with Crippen molar-refractivity contribution in [1.29, 1.82) is 0 Å². The van der Waals surface area contributed by atoms with E-state index in [9.17, 15) is 28.8 Å². The Hall–Kier alpha value is -4.43. The summed E-state index contributed by atoms with van der Waals surface area (Å²) in [5.74, 6) is -1.16. The Kier molecular flexibility index (Phi) is 17.3. The maximum Gasteiger partial charge on any atom is 0.407 e. The summed E-state index contributed by atoms with van der Waals surface area (Å²) in [6.45, 7) is 12.1. The number of amides is 3. The smallest absolute Gasteiger partial charge is 0.407 e. The Balaban J connectivity index is 1.54. The molecule has 1 aliphatic rings. The van der Waals surface area contributed by atoms with Gasteiger partial charge in [0.15, 0.2) is 0 Å². The average molecular weight is 692 g/mol. The lowest BCUT2D eigenvalue weighted by Gasteiger charge is -2.46. The van der Waals surface area contributed by atoms with Gasteiger partial charge in [0.25, 0.3) is 5.56 Å². The maximum absolute atomic E-state index is 12.6. The van der Waals surface area contributed by atoms with Gasteiger partial charge in [-0.05, 0) is 75.5 Å². The number of carbonyl (C=O) groups excluding carboxylic acids is 5. The van der Waals surface area contributed by atoms with E-state index in [0.717, 1.165) is 18.9 Å². The van der Waals surface area contributed by atoms with E-state index >= 15 is 0 Å². The first-order valence-electron chi connectivity index (χ1n) is 16.9. The summed E-state index contributed by atoms with van der Waals surface area (Å²) in [6, 6.07) is 0.722. The normalized spacial score (nSPS) is 18.0. The average Bonchev–Trinajstić information content (AvgIpc) is 3.00. The molecule has 1 saturated carbocycles. The maximum atomic E-state index is 12.6. The van der Waals surface area contributed by atoms with Crippen LogP contribution in [0.2, 0.25) is 0 Å². The number of H-pyrrole nitrogens is 1. The summed E-state index contributed by atoms with van der Waals surface area (Å²) in [5, 5.41) is 8.41. The summed E-state index contributed by atoms with van der Waals surface area (Å²) in [7, 11) is 0. The summed E-state index contributed by atoms with van der Waals surface area (Å²) < 4.78 is 20.3. The Bertz CT molecular complexity index is 1330. The highest BCUT2D eigenvalue weighted by atomic mass is 16.6. The number of esters is 3. The van der Waals surface area contributed by atoms with Crippen molar-refractivity contribution in [3.8, 4) is 0 Å². The van der Waals surface area contributed by atoms with Crippen LogP contribution in [0.1, 0.15) is 97.1 Å². The number of rotatable bonds is 20. The minimum Gasteiger partial charge on any atom is -0.466 e. The molecule has 49 heavy (non-hydrogen) atoms. The molecule has 3 amide bonds. The lowest BCUT2D eigenvalue weighted by molar-refractivity contribution is -0.149. The molecule has 0 saturated heterocycles. The summed E-state index contributed by atoms with van der Waals surface area (Å²) in [5.41, 5.74) is -0.238. The highest BCUT2D eigenvalue weighted by Crippen LogP contribution is 2.45. The van der Waals surface area contributed by atoms with Crippen molar-refractivity contribution in [3.05, 3.63) is 34.8 Å². The number of carbonyl (C=O) groups is 5. The topological polar surface area (TPSA) is 204 Å². The van der Waals surface area contributed by atoms with Gasteiger partial charge in [-0.15, -0.1) is 0 Å². The van der Waals surface area contributed by atoms with Gasteiger partial charge in [-0.1, -0.05) is 27.4 Å². The SMILES string of the molecule is C=CC(=O)OCCOC(=O)CCCCCOC(=O)CCCCCOC(=O)NC1CC(C)(C)CC(C)(CNC(=O)Nc2nc(C)cc(=O)[nH]2)C1. The third-order valence-corrected chi connectivity index (χ3v) is 7.85. The first kappa shape index (κ1) is 40.7. The van der Waals surface area contributed by atoms with E-state index in [4.69, 9.17) is 18.9 Å². The van der Waals surface area contributed by atoms with Crippen molar-refractivity contribution in [2.75, 3.05) is 38.3 Å². The molecule has 1 aliphatic carbocycles. The predicted molar refractivity (Wildman–Crippen MR) is 181 cm³/mol. The molecule has 2 rings (SSSR count). The number of aromatic nitrogens is 2. The third kappa shape index (κ3) is 18.1. The lowest BCUT2D eigenvalue weighted by atomic mass is 9.62.